The summed E-state index contributed by atoms with van der Waals surface area (Å²) >= 11 is 0. The van der Waals surface area contributed by atoms with Crippen molar-refractivity contribution in [3.8, 4) is 5.75 Å². The first-order chi connectivity index (χ1) is 9.63. The van der Waals surface area contributed by atoms with Crippen LogP contribution < -0.4 is 10.5 Å². The van der Waals surface area contributed by atoms with Gasteiger partial charge >= 0.3 is 0 Å². The van der Waals surface area contributed by atoms with Gasteiger partial charge in [0.25, 0.3) is 0 Å². The van der Waals surface area contributed by atoms with E-state index in [4.69, 9.17) is 10.5 Å². The Labute approximate surface area is 121 Å². The van der Waals surface area contributed by atoms with Crippen LogP contribution >= 0.6 is 0 Å². The van der Waals surface area contributed by atoms with Gasteiger partial charge in [-0.05, 0) is 25.0 Å². The predicted octanol–water partition coefficient (Wildman–Crippen LogP) is 2.18. The molecule has 0 radical (unpaired) electrons. The third kappa shape index (κ3) is 3.30. The molecular weight excluding hydrogens is 274 g/mol. The number of rotatable bonds is 7. The summed E-state index contributed by atoms with van der Waals surface area (Å²) in [5.74, 6) is 1.92. The average Bonchev–Trinajstić information content (AvgIpc) is 2.73. The number of anilines is 1. The Balaban J connectivity index is 2.26. The number of nitrogens with zero attached hydrogens (tertiary/aromatic N) is 2. The van der Waals surface area contributed by atoms with E-state index in [2.05, 4.69) is 11.9 Å². The molecule has 1 atom stereocenters. The topological polar surface area (TPSA) is 70.1 Å². The van der Waals surface area contributed by atoms with Crippen molar-refractivity contribution in [2.75, 3.05) is 24.3 Å². The molecule has 5 nitrogen and oxygen atoms in total. The summed E-state index contributed by atoms with van der Waals surface area (Å²) in [7, 11) is -0.775. The fourth-order valence-corrected chi connectivity index (χ4v) is 2.66. The quantitative estimate of drug-likeness (QED) is 0.850. The van der Waals surface area contributed by atoms with E-state index in [1.807, 2.05) is 22.8 Å². The molecule has 2 rings (SSSR count). The molecule has 0 fully saturated rings. The molecule has 0 aliphatic heterocycles. The maximum absolute atomic E-state index is 11.1. The predicted molar refractivity (Wildman–Crippen MR) is 83.5 cm³/mol. The van der Waals surface area contributed by atoms with E-state index in [1.165, 1.54) is 0 Å². The van der Waals surface area contributed by atoms with Crippen LogP contribution in [0.3, 0.4) is 0 Å². The molecule has 2 N–H and O–H groups in total. The number of ether oxygens (including phenoxy) is 1. The Morgan fingerprint density at radius 1 is 1.45 bits per heavy atom. The summed E-state index contributed by atoms with van der Waals surface area (Å²) in [6.07, 6.45) is 3.49. The van der Waals surface area contributed by atoms with Gasteiger partial charge in [-0.1, -0.05) is 13.0 Å². The Morgan fingerprint density at radius 2 is 2.25 bits per heavy atom. The highest BCUT2D eigenvalue weighted by atomic mass is 32.2. The SMILES string of the molecule is CCCOc1cccc2c1nc(N)n2CCCS(C)=O. The first kappa shape index (κ1) is 14.8. The van der Waals surface area contributed by atoms with Gasteiger partial charge in [-0.2, -0.15) is 0 Å². The van der Waals surface area contributed by atoms with Crippen molar-refractivity contribution in [3.63, 3.8) is 0 Å². The molecule has 1 unspecified atom stereocenters. The van der Waals surface area contributed by atoms with Gasteiger partial charge in [-0.3, -0.25) is 4.21 Å². The minimum atomic E-state index is -0.775. The lowest BCUT2D eigenvalue weighted by atomic mass is 10.3. The summed E-state index contributed by atoms with van der Waals surface area (Å²) < 4.78 is 18.8. The van der Waals surface area contributed by atoms with Crippen LogP contribution in [0.25, 0.3) is 11.0 Å². The van der Waals surface area contributed by atoms with E-state index < -0.39 is 10.8 Å². The number of aromatic nitrogens is 2. The summed E-state index contributed by atoms with van der Waals surface area (Å²) in [5.41, 5.74) is 7.76. The van der Waals surface area contributed by atoms with Crippen LogP contribution in [0.2, 0.25) is 0 Å². The van der Waals surface area contributed by atoms with Crippen LogP contribution in [0.15, 0.2) is 18.2 Å². The Hall–Kier alpha value is -1.56. The highest BCUT2D eigenvalue weighted by Crippen LogP contribution is 2.27. The minimum absolute atomic E-state index is 0.481. The van der Waals surface area contributed by atoms with Gasteiger partial charge in [-0.25, -0.2) is 4.98 Å². The second kappa shape index (κ2) is 6.74. The maximum Gasteiger partial charge on any atom is 0.201 e. The monoisotopic (exact) mass is 295 g/mol. The van der Waals surface area contributed by atoms with Crippen molar-refractivity contribution < 1.29 is 8.95 Å². The second-order valence-corrected chi connectivity index (χ2v) is 6.28. The van der Waals surface area contributed by atoms with Crippen LogP contribution in [0, 0.1) is 0 Å². The van der Waals surface area contributed by atoms with Crippen LogP contribution in [-0.2, 0) is 17.3 Å². The van der Waals surface area contributed by atoms with Gasteiger partial charge in [-0.15, -0.1) is 0 Å². The number of hydrogen-bond donors (Lipinski definition) is 1. The molecule has 0 amide bonds. The summed E-state index contributed by atoms with van der Waals surface area (Å²) in [6.45, 7) is 3.46. The van der Waals surface area contributed by atoms with Crippen molar-refractivity contribution >= 4 is 27.8 Å². The number of benzene rings is 1. The van der Waals surface area contributed by atoms with Gasteiger partial charge < -0.3 is 15.0 Å². The van der Waals surface area contributed by atoms with Crippen LogP contribution in [0.1, 0.15) is 19.8 Å². The zero-order valence-corrected chi connectivity index (χ0v) is 12.8. The molecule has 0 aliphatic carbocycles. The summed E-state index contributed by atoms with van der Waals surface area (Å²) in [5, 5.41) is 0. The minimum Gasteiger partial charge on any atom is -0.491 e. The Morgan fingerprint density at radius 3 is 2.95 bits per heavy atom. The third-order valence-corrected chi connectivity index (χ3v) is 3.91. The lowest BCUT2D eigenvalue weighted by Crippen LogP contribution is -2.06. The molecule has 1 heterocycles. The van der Waals surface area contributed by atoms with Crippen LogP contribution in [0.5, 0.6) is 5.75 Å². The van der Waals surface area contributed by atoms with Crippen LogP contribution in [-0.4, -0.2) is 32.4 Å². The lowest BCUT2D eigenvalue weighted by Gasteiger charge is -2.07. The number of para-hydroxylation sites is 1. The van der Waals surface area contributed by atoms with E-state index in [0.717, 1.165) is 36.2 Å². The lowest BCUT2D eigenvalue weighted by molar-refractivity contribution is 0.320. The number of imidazole rings is 1. The molecule has 0 saturated carbocycles. The van der Waals surface area contributed by atoms with Crippen molar-refractivity contribution in [2.24, 2.45) is 0 Å². The van der Waals surface area contributed by atoms with Crippen molar-refractivity contribution in [2.45, 2.75) is 26.3 Å². The molecule has 2 aromatic rings. The van der Waals surface area contributed by atoms with Gasteiger partial charge in [0.2, 0.25) is 5.95 Å². The summed E-state index contributed by atoms with van der Waals surface area (Å²) in [6, 6.07) is 5.85. The van der Waals surface area contributed by atoms with Gasteiger partial charge in [0, 0.05) is 29.4 Å². The molecule has 110 valence electrons. The molecular formula is C14H21N3O2S. The standard InChI is InChI=1S/C14H21N3O2S/c1-3-9-19-12-7-4-6-11-13(12)16-14(15)17(11)8-5-10-20(2)18/h4,6-7H,3,5,8-10H2,1-2H3,(H2,15,16). The second-order valence-electron chi connectivity index (χ2n) is 4.72. The fraction of sp³-hybridized carbons (Fsp3) is 0.500. The molecule has 1 aromatic heterocycles. The van der Waals surface area contributed by atoms with E-state index in [0.29, 0.717) is 18.3 Å². The number of nitrogens with two attached hydrogens (primary N) is 1. The maximum atomic E-state index is 11.1. The van der Waals surface area contributed by atoms with E-state index in [-0.39, 0.29) is 0 Å². The molecule has 0 aliphatic rings. The number of nitrogen functional groups attached to an aromatic ring is 1. The van der Waals surface area contributed by atoms with Crippen molar-refractivity contribution in [1.29, 1.82) is 0 Å². The highest BCUT2D eigenvalue weighted by Gasteiger charge is 2.12. The number of aryl methyl sites for hydroxylation is 1. The Kier molecular flexibility index (Phi) is 5.00. The molecule has 1 aromatic carbocycles. The van der Waals surface area contributed by atoms with Crippen molar-refractivity contribution in [1.82, 2.24) is 9.55 Å². The van der Waals surface area contributed by atoms with E-state index in [1.54, 1.807) is 6.26 Å². The van der Waals surface area contributed by atoms with Gasteiger partial charge in [0.1, 0.15) is 11.3 Å². The van der Waals surface area contributed by atoms with Gasteiger partial charge in [0.15, 0.2) is 0 Å². The molecule has 0 spiro atoms. The molecule has 0 saturated heterocycles. The normalized spacial score (nSPS) is 12.7. The summed E-state index contributed by atoms with van der Waals surface area (Å²) in [4.78, 5) is 4.40. The first-order valence-electron chi connectivity index (χ1n) is 6.81. The zero-order chi connectivity index (χ0) is 14.5. The first-order valence-corrected chi connectivity index (χ1v) is 8.53. The van der Waals surface area contributed by atoms with Crippen LogP contribution in [0.4, 0.5) is 5.95 Å². The van der Waals surface area contributed by atoms with Crippen molar-refractivity contribution in [3.05, 3.63) is 18.2 Å². The molecule has 20 heavy (non-hydrogen) atoms. The van der Waals surface area contributed by atoms with E-state index >= 15 is 0 Å². The largest absolute Gasteiger partial charge is 0.491 e. The molecule has 0 bridgehead atoms. The third-order valence-electron chi connectivity index (χ3n) is 3.05. The zero-order valence-electron chi connectivity index (χ0n) is 12.0. The smallest absolute Gasteiger partial charge is 0.201 e. The highest BCUT2D eigenvalue weighted by molar-refractivity contribution is 7.84. The Bertz CT molecular complexity index is 610. The number of fused-ring (bicyclic) bond motifs is 1. The number of hydrogen-bond acceptors (Lipinski definition) is 4. The van der Waals surface area contributed by atoms with Gasteiger partial charge in [0.05, 0.1) is 12.1 Å². The van der Waals surface area contributed by atoms with E-state index in [9.17, 15) is 4.21 Å². The fourth-order valence-electron chi connectivity index (χ4n) is 2.13. The molecule has 6 heteroatoms. The average molecular weight is 295 g/mol.